The molecule has 2 saturated carbocycles. The van der Waals surface area contributed by atoms with Gasteiger partial charge >= 0.3 is 0 Å². The second-order valence-electron chi connectivity index (χ2n) is 10.8. The van der Waals surface area contributed by atoms with Crippen molar-refractivity contribution in [3.63, 3.8) is 0 Å². The monoisotopic (exact) mass is 392 g/mol. The van der Waals surface area contributed by atoms with Gasteiger partial charge in [-0.15, -0.1) is 11.1 Å². The molecule has 28 heavy (non-hydrogen) atoms. The molecule has 0 aromatic carbocycles. The third-order valence-electron chi connectivity index (χ3n) is 9.14. The van der Waals surface area contributed by atoms with Gasteiger partial charge in [0.1, 0.15) is 0 Å². The molecule has 3 rings (SSSR count). The Morgan fingerprint density at radius 3 is 2.00 bits per heavy atom. The normalized spacial score (nSPS) is 49.8. The van der Waals surface area contributed by atoms with Crippen molar-refractivity contribution in [2.45, 2.75) is 108 Å². The summed E-state index contributed by atoms with van der Waals surface area (Å²) in [5.41, 5.74) is -0.795. The summed E-state index contributed by atoms with van der Waals surface area (Å²) in [6, 6.07) is 0. The number of ether oxygens (including phenoxy) is 1. The van der Waals surface area contributed by atoms with Gasteiger partial charge in [-0.1, -0.05) is 52.5 Å². The lowest BCUT2D eigenvalue weighted by Crippen LogP contribution is -2.62. The van der Waals surface area contributed by atoms with Gasteiger partial charge in [-0.05, 0) is 43.9 Å². The largest absolute Gasteiger partial charge is 0.659 e. The fourth-order valence-corrected chi connectivity index (χ4v) is 6.48. The fourth-order valence-electron chi connectivity index (χ4n) is 6.48. The van der Waals surface area contributed by atoms with Gasteiger partial charge in [0.25, 0.3) is 0 Å². The van der Waals surface area contributed by atoms with Gasteiger partial charge in [0, 0.05) is 12.2 Å². The van der Waals surface area contributed by atoms with Gasteiger partial charge in [-0.2, -0.15) is 21.1 Å². The Morgan fingerprint density at radius 2 is 1.43 bits per heavy atom. The summed E-state index contributed by atoms with van der Waals surface area (Å²) >= 11 is 0. The highest BCUT2D eigenvalue weighted by Gasteiger charge is 2.56. The van der Waals surface area contributed by atoms with E-state index in [2.05, 4.69) is 45.3 Å². The van der Waals surface area contributed by atoms with Crippen molar-refractivity contribution >= 4 is 0 Å². The quantitative estimate of drug-likeness (QED) is 0.713. The third-order valence-corrected chi connectivity index (χ3v) is 9.14. The molecule has 0 bridgehead atoms. The molecule has 2 aliphatic carbocycles. The molecule has 1 saturated heterocycles. The molecule has 1 N–H and O–H groups in total. The predicted octanol–water partition coefficient (Wildman–Crippen LogP) is 5.03. The molecule has 1 aliphatic heterocycles. The van der Waals surface area contributed by atoms with Gasteiger partial charge in [0.05, 0.1) is 5.60 Å². The summed E-state index contributed by atoms with van der Waals surface area (Å²) in [7, 11) is 5.71. The molecule has 0 amide bonds. The molecule has 3 fully saturated rings. The standard InChI is InChI=1S/C23H42N3O2/c1-20(2,24-6)17-11-14-23(5,28-17)16-10-12-21(3,25-7)15-9-13-22(4,26-8)19(27)18(15)16/h15-19,27H,9-14H2,1-8H3/q-3. The molecule has 8 unspecified atom stereocenters. The molecule has 0 aromatic heterocycles. The first-order valence-corrected chi connectivity index (χ1v) is 11.2. The molecule has 0 aromatic rings. The molecular weight excluding hydrogens is 350 g/mol. The molecule has 3 aliphatic rings. The fraction of sp³-hybridized carbons (Fsp3) is 1.00. The van der Waals surface area contributed by atoms with Crippen LogP contribution in [0.5, 0.6) is 0 Å². The Labute approximate surface area is 172 Å². The maximum Gasteiger partial charge on any atom is 0.0690 e. The van der Waals surface area contributed by atoms with E-state index in [9.17, 15) is 5.11 Å². The van der Waals surface area contributed by atoms with Gasteiger partial charge in [-0.3, -0.25) is 0 Å². The Hall–Kier alpha value is -0.200. The molecule has 1 heterocycles. The Bertz CT molecular complexity index is 570. The summed E-state index contributed by atoms with van der Waals surface area (Å²) < 4.78 is 6.78. The van der Waals surface area contributed by atoms with Crippen LogP contribution in [-0.4, -0.2) is 60.7 Å². The highest BCUT2D eigenvalue weighted by molar-refractivity contribution is 5.22. The predicted molar refractivity (Wildman–Crippen MR) is 116 cm³/mol. The Balaban J connectivity index is 1.92. The van der Waals surface area contributed by atoms with Crippen LogP contribution in [0.3, 0.4) is 0 Å². The molecule has 0 spiro atoms. The lowest BCUT2D eigenvalue weighted by molar-refractivity contribution is -0.159. The zero-order valence-electron chi connectivity index (χ0n) is 19.3. The van der Waals surface area contributed by atoms with E-state index in [1.807, 2.05) is 21.1 Å². The minimum atomic E-state index is -0.439. The maximum absolute atomic E-state index is 11.6. The van der Waals surface area contributed by atoms with Crippen LogP contribution in [0.2, 0.25) is 0 Å². The lowest BCUT2D eigenvalue weighted by atomic mass is 9.51. The SMILES string of the molecule is C[N-]C(C)(C)C1CCC(C)(C2CCC(C)([N-]C)C3CCC(C)([N-]C)C(O)C32)O1. The van der Waals surface area contributed by atoms with E-state index in [1.54, 1.807) is 0 Å². The van der Waals surface area contributed by atoms with E-state index in [1.165, 1.54) is 0 Å². The number of likely N-dealkylation sites (N-methyl/N-ethyl adjacent to an activating group) is 2. The van der Waals surface area contributed by atoms with E-state index in [0.717, 1.165) is 38.5 Å². The highest BCUT2D eigenvalue weighted by Crippen LogP contribution is 2.59. The van der Waals surface area contributed by atoms with Gasteiger partial charge < -0.3 is 25.8 Å². The average Bonchev–Trinajstić information content (AvgIpc) is 3.09. The zero-order chi connectivity index (χ0) is 21.0. The van der Waals surface area contributed by atoms with Gasteiger partial charge in [-0.25, -0.2) is 0 Å². The first-order chi connectivity index (χ1) is 13.0. The Morgan fingerprint density at radius 1 is 0.857 bits per heavy atom. The summed E-state index contributed by atoms with van der Waals surface area (Å²) in [6.45, 7) is 11.0. The van der Waals surface area contributed by atoms with E-state index >= 15 is 0 Å². The first kappa shape index (κ1) is 22.5. The second kappa shape index (κ2) is 7.49. The van der Waals surface area contributed by atoms with Crippen LogP contribution in [0.15, 0.2) is 0 Å². The van der Waals surface area contributed by atoms with Crippen molar-refractivity contribution in [1.29, 1.82) is 0 Å². The van der Waals surface area contributed by atoms with Gasteiger partial charge in [0.2, 0.25) is 0 Å². The number of fused-ring (bicyclic) bond motifs is 1. The minimum absolute atomic E-state index is 0.0520. The van der Waals surface area contributed by atoms with E-state index < -0.39 is 6.10 Å². The van der Waals surface area contributed by atoms with E-state index in [0.29, 0.717) is 11.8 Å². The number of rotatable bonds is 5. The number of aliphatic hydroxyl groups excluding tert-OH is 1. The smallest absolute Gasteiger partial charge is 0.0690 e. The van der Waals surface area contributed by atoms with Crippen molar-refractivity contribution in [2.24, 2.45) is 17.8 Å². The first-order valence-electron chi connectivity index (χ1n) is 11.2. The van der Waals surface area contributed by atoms with Crippen molar-refractivity contribution in [3.8, 4) is 0 Å². The summed E-state index contributed by atoms with van der Waals surface area (Å²) in [5, 5.41) is 25.6. The van der Waals surface area contributed by atoms with Crippen LogP contribution in [0, 0.1) is 17.8 Å². The van der Waals surface area contributed by atoms with Crippen molar-refractivity contribution in [3.05, 3.63) is 16.0 Å². The molecule has 164 valence electrons. The molecule has 5 heteroatoms. The Kier molecular flexibility index (Phi) is 6.02. The third kappa shape index (κ3) is 3.45. The summed E-state index contributed by atoms with van der Waals surface area (Å²) in [4.78, 5) is 0. The van der Waals surface area contributed by atoms with Crippen LogP contribution >= 0.6 is 0 Å². The molecule has 5 nitrogen and oxygen atoms in total. The second-order valence-corrected chi connectivity index (χ2v) is 10.8. The topological polar surface area (TPSA) is 71.8 Å². The van der Waals surface area contributed by atoms with Crippen LogP contribution < -0.4 is 0 Å². The van der Waals surface area contributed by atoms with E-state index in [-0.39, 0.29) is 34.2 Å². The van der Waals surface area contributed by atoms with Gasteiger partial charge in [0.15, 0.2) is 0 Å². The summed E-state index contributed by atoms with van der Waals surface area (Å²) in [6.07, 6.45) is 5.93. The van der Waals surface area contributed by atoms with Crippen LogP contribution in [0.4, 0.5) is 0 Å². The van der Waals surface area contributed by atoms with Crippen molar-refractivity contribution in [2.75, 3.05) is 21.1 Å². The number of aliphatic hydroxyl groups is 1. The summed E-state index contributed by atoms with van der Waals surface area (Å²) in [5.74, 6) is 0.904. The molecule has 0 radical (unpaired) electrons. The van der Waals surface area contributed by atoms with Crippen LogP contribution in [-0.2, 0) is 4.74 Å². The molecule has 8 atom stereocenters. The number of nitrogens with zero attached hydrogens (tertiary/aromatic N) is 3. The van der Waals surface area contributed by atoms with Crippen LogP contribution in [0.25, 0.3) is 16.0 Å². The highest BCUT2D eigenvalue weighted by atomic mass is 16.5. The average molecular weight is 393 g/mol. The lowest BCUT2D eigenvalue weighted by Gasteiger charge is -2.67. The maximum atomic E-state index is 11.6. The van der Waals surface area contributed by atoms with Crippen molar-refractivity contribution in [1.82, 2.24) is 0 Å². The minimum Gasteiger partial charge on any atom is -0.659 e. The van der Waals surface area contributed by atoms with E-state index in [4.69, 9.17) is 10.1 Å². The van der Waals surface area contributed by atoms with Crippen LogP contribution in [0.1, 0.15) is 73.1 Å². The zero-order valence-corrected chi connectivity index (χ0v) is 19.3. The number of hydrogen-bond donors (Lipinski definition) is 1. The van der Waals surface area contributed by atoms with Crippen molar-refractivity contribution < 1.29 is 9.84 Å². The number of hydrogen-bond acceptors (Lipinski definition) is 2. The molecular formula is C23H42N3O2-3.